The van der Waals surface area contributed by atoms with Crippen LogP contribution in [-0.2, 0) is 11.0 Å². The summed E-state index contributed by atoms with van der Waals surface area (Å²) in [5.41, 5.74) is -0.770. The number of nitrogens with one attached hydrogen (secondary N) is 1. The second kappa shape index (κ2) is 6.47. The fourth-order valence-electron chi connectivity index (χ4n) is 1.59. The van der Waals surface area contributed by atoms with E-state index in [-0.39, 0.29) is 24.2 Å². The standard InChI is InChI=1S/C13H15F3N2O3/c1-8-3-4-9(7-10(8)13(14,15)16)17-12(21)18(2)6-5-11(19)20/h3-4,7H,5-6H2,1-2H3,(H,17,21)(H,19,20). The second-order valence-electron chi connectivity index (χ2n) is 4.52. The van der Waals surface area contributed by atoms with Gasteiger partial charge in [-0.25, -0.2) is 4.79 Å². The van der Waals surface area contributed by atoms with Crippen LogP contribution < -0.4 is 5.32 Å². The van der Waals surface area contributed by atoms with Crippen LogP contribution in [0.15, 0.2) is 18.2 Å². The number of hydrogen-bond donors (Lipinski definition) is 2. The molecule has 116 valence electrons. The molecule has 0 bridgehead atoms. The third kappa shape index (κ3) is 4.97. The van der Waals surface area contributed by atoms with Gasteiger partial charge in [-0.05, 0) is 24.6 Å². The third-order valence-corrected chi connectivity index (χ3v) is 2.80. The zero-order valence-corrected chi connectivity index (χ0v) is 11.5. The van der Waals surface area contributed by atoms with Gasteiger partial charge in [0.25, 0.3) is 0 Å². The molecule has 0 saturated heterocycles. The summed E-state index contributed by atoms with van der Waals surface area (Å²) in [6.45, 7) is 1.28. The summed E-state index contributed by atoms with van der Waals surface area (Å²) in [4.78, 5) is 23.2. The van der Waals surface area contributed by atoms with Gasteiger partial charge in [-0.2, -0.15) is 13.2 Å². The molecule has 0 radical (unpaired) electrons. The average Bonchev–Trinajstić information content (AvgIpc) is 2.36. The summed E-state index contributed by atoms with van der Waals surface area (Å²) in [5.74, 6) is -1.07. The number of hydrogen-bond acceptors (Lipinski definition) is 2. The molecule has 0 spiro atoms. The Bertz CT molecular complexity index is 544. The van der Waals surface area contributed by atoms with E-state index in [2.05, 4.69) is 5.32 Å². The summed E-state index contributed by atoms with van der Waals surface area (Å²) in [6.07, 6.45) is -4.74. The van der Waals surface area contributed by atoms with Gasteiger partial charge in [-0.3, -0.25) is 4.79 Å². The van der Waals surface area contributed by atoms with Crippen LogP contribution in [0.3, 0.4) is 0 Å². The van der Waals surface area contributed by atoms with Crippen molar-refractivity contribution in [2.75, 3.05) is 18.9 Å². The Morgan fingerprint density at radius 3 is 2.48 bits per heavy atom. The van der Waals surface area contributed by atoms with Crippen LogP contribution in [0.2, 0.25) is 0 Å². The Morgan fingerprint density at radius 2 is 1.95 bits per heavy atom. The minimum absolute atomic E-state index is 0.0000926. The van der Waals surface area contributed by atoms with Gasteiger partial charge in [0.05, 0.1) is 12.0 Å². The first-order valence-corrected chi connectivity index (χ1v) is 6.03. The minimum Gasteiger partial charge on any atom is -0.481 e. The zero-order valence-electron chi connectivity index (χ0n) is 11.5. The molecule has 8 heteroatoms. The number of carboxylic acids is 1. The highest BCUT2D eigenvalue weighted by Crippen LogP contribution is 2.33. The minimum atomic E-state index is -4.50. The van der Waals surface area contributed by atoms with Crippen molar-refractivity contribution in [1.29, 1.82) is 0 Å². The number of rotatable bonds is 4. The molecule has 0 aliphatic carbocycles. The van der Waals surface area contributed by atoms with E-state index >= 15 is 0 Å². The fraction of sp³-hybridized carbons (Fsp3) is 0.385. The molecule has 0 aliphatic heterocycles. The van der Waals surface area contributed by atoms with Gasteiger partial charge in [0.15, 0.2) is 0 Å². The number of anilines is 1. The maximum atomic E-state index is 12.7. The van der Waals surface area contributed by atoms with Gasteiger partial charge in [-0.1, -0.05) is 6.07 Å². The van der Waals surface area contributed by atoms with Crippen molar-refractivity contribution in [3.8, 4) is 0 Å². The maximum absolute atomic E-state index is 12.7. The van der Waals surface area contributed by atoms with Gasteiger partial charge in [0.1, 0.15) is 0 Å². The molecule has 0 saturated carbocycles. The summed E-state index contributed by atoms with van der Waals surface area (Å²) in [6, 6.07) is 2.79. The third-order valence-electron chi connectivity index (χ3n) is 2.80. The number of aryl methyl sites for hydroxylation is 1. The number of aliphatic carboxylic acids is 1. The van der Waals surface area contributed by atoms with Crippen LogP contribution in [0.4, 0.5) is 23.7 Å². The number of nitrogens with zero attached hydrogens (tertiary/aromatic N) is 1. The maximum Gasteiger partial charge on any atom is 0.416 e. The Balaban J connectivity index is 2.79. The number of carbonyl (C=O) groups is 2. The van der Waals surface area contributed by atoms with E-state index in [1.165, 1.54) is 26.1 Å². The molecule has 0 unspecified atom stereocenters. The van der Waals surface area contributed by atoms with Crippen LogP contribution >= 0.6 is 0 Å². The molecule has 21 heavy (non-hydrogen) atoms. The van der Waals surface area contributed by atoms with E-state index in [1.807, 2.05) is 0 Å². The monoisotopic (exact) mass is 304 g/mol. The van der Waals surface area contributed by atoms with E-state index in [0.29, 0.717) is 0 Å². The highest BCUT2D eigenvalue weighted by Gasteiger charge is 2.32. The summed E-state index contributed by atoms with van der Waals surface area (Å²) in [5, 5.41) is 10.8. The van der Waals surface area contributed by atoms with Crippen LogP contribution in [0.25, 0.3) is 0 Å². The number of halogens is 3. The van der Waals surface area contributed by atoms with Crippen LogP contribution in [-0.4, -0.2) is 35.6 Å². The zero-order chi connectivity index (χ0) is 16.2. The number of amides is 2. The smallest absolute Gasteiger partial charge is 0.416 e. The Morgan fingerprint density at radius 1 is 1.33 bits per heavy atom. The molecule has 5 nitrogen and oxygen atoms in total. The van der Waals surface area contributed by atoms with Gasteiger partial charge >= 0.3 is 18.2 Å². The first-order chi connectivity index (χ1) is 9.61. The summed E-state index contributed by atoms with van der Waals surface area (Å²) < 4.78 is 38.2. The van der Waals surface area contributed by atoms with E-state index < -0.39 is 23.7 Å². The lowest BCUT2D eigenvalue weighted by Crippen LogP contribution is -2.33. The van der Waals surface area contributed by atoms with Crippen molar-refractivity contribution >= 4 is 17.7 Å². The molecule has 1 rings (SSSR count). The molecule has 2 amide bonds. The largest absolute Gasteiger partial charge is 0.481 e. The Kier molecular flexibility index (Phi) is 5.17. The Labute approximate surface area is 119 Å². The predicted molar refractivity (Wildman–Crippen MR) is 70.1 cm³/mol. The molecule has 0 heterocycles. The lowest BCUT2D eigenvalue weighted by atomic mass is 10.1. The molecular formula is C13H15F3N2O3. The van der Waals surface area contributed by atoms with Crippen molar-refractivity contribution in [2.24, 2.45) is 0 Å². The quantitative estimate of drug-likeness (QED) is 0.898. The van der Waals surface area contributed by atoms with Crippen LogP contribution in [0, 0.1) is 6.92 Å². The normalized spacial score (nSPS) is 11.1. The molecule has 1 aromatic carbocycles. The van der Waals surface area contributed by atoms with Crippen molar-refractivity contribution in [1.82, 2.24) is 4.90 Å². The van der Waals surface area contributed by atoms with Crippen molar-refractivity contribution < 1.29 is 27.9 Å². The molecule has 1 aromatic rings. The molecule has 0 atom stereocenters. The fourth-order valence-corrected chi connectivity index (χ4v) is 1.59. The van der Waals surface area contributed by atoms with E-state index in [0.717, 1.165) is 11.0 Å². The van der Waals surface area contributed by atoms with E-state index in [9.17, 15) is 22.8 Å². The van der Waals surface area contributed by atoms with Gasteiger partial charge in [-0.15, -0.1) is 0 Å². The molecular weight excluding hydrogens is 289 g/mol. The highest BCUT2D eigenvalue weighted by atomic mass is 19.4. The molecule has 2 N–H and O–H groups in total. The van der Waals surface area contributed by atoms with Crippen LogP contribution in [0.1, 0.15) is 17.5 Å². The number of carbonyl (C=O) groups excluding carboxylic acids is 1. The summed E-state index contributed by atoms with van der Waals surface area (Å²) in [7, 11) is 1.36. The second-order valence-corrected chi connectivity index (χ2v) is 4.52. The lowest BCUT2D eigenvalue weighted by molar-refractivity contribution is -0.138. The number of alkyl halides is 3. The van der Waals surface area contributed by atoms with Gasteiger partial charge in [0, 0.05) is 19.3 Å². The number of benzene rings is 1. The Hall–Kier alpha value is -2.25. The SMILES string of the molecule is Cc1ccc(NC(=O)N(C)CCC(=O)O)cc1C(F)(F)F. The molecule has 0 aliphatic rings. The topological polar surface area (TPSA) is 69.6 Å². The lowest BCUT2D eigenvalue weighted by Gasteiger charge is -2.18. The van der Waals surface area contributed by atoms with Gasteiger partial charge < -0.3 is 15.3 Å². The summed E-state index contributed by atoms with van der Waals surface area (Å²) >= 11 is 0. The number of urea groups is 1. The first kappa shape index (κ1) is 16.8. The van der Waals surface area contributed by atoms with Crippen LogP contribution in [0.5, 0.6) is 0 Å². The molecule has 0 aromatic heterocycles. The number of carboxylic acid groups (broad SMARTS) is 1. The molecule has 0 fully saturated rings. The van der Waals surface area contributed by atoms with Gasteiger partial charge in [0.2, 0.25) is 0 Å². The van der Waals surface area contributed by atoms with Crippen molar-refractivity contribution in [3.05, 3.63) is 29.3 Å². The van der Waals surface area contributed by atoms with E-state index in [1.54, 1.807) is 0 Å². The highest BCUT2D eigenvalue weighted by molar-refractivity contribution is 5.89. The predicted octanol–water partition coefficient (Wildman–Crippen LogP) is 2.95. The average molecular weight is 304 g/mol. The van der Waals surface area contributed by atoms with Crippen molar-refractivity contribution in [3.63, 3.8) is 0 Å². The van der Waals surface area contributed by atoms with E-state index in [4.69, 9.17) is 5.11 Å². The first-order valence-electron chi connectivity index (χ1n) is 6.03. The van der Waals surface area contributed by atoms with Crippen molar-refractivity contribution in [2.45, 2.75) is 19.5 Å².